The minimum Gasteiger partial charge on any atom is -0.335 e. The lowest BCUT2D eigenvalue weighted by molar-refractivity contribution is -0.125. The van der Waals surface area contributed by atoms with E-state index in [2.05, 4.69) is 25.4 Å². The Morgan fingerprint density at radius 2 is 2.00 bits per heavy atom. The molecule has 0 spiro atoms. The molecule has 1 atom stereocenters. The lowest BCUT2D eigenvalue weighted by atomic mass is 10.2. The van der Waals surface area contributed by atoms with Crippen LogP contribution in [0.1, 0.15) is 25.5 Å². The molecule has 130 valence electrons. The number of nitrogens with one attached hydrogen (secondary N) is 2. The van der Waals surface area contributed by atoms with E-state index in [9.17, 15) is 9.59 Å². The van der Waals surface area contributed by atoms with Crippen molar-refractivity contribution in [2.45, 2.75) is 38.4 Å². The Morgan fingerprint density at radius 3 is 2.62 bits per heavy atom. The molecule has 2 aliphatic rings. The van der Waals surface area contributed by atoms with Gasteiger partial charge >= 0.3 is 6.03 Å². The topological polar surface area (TPSA) is 77.6 Å². The molecule has 0 aromatic carbocycles. The van der Waals surface area contributed by atoms with Gasteiger partial charge in [0.25, 0.3) is 0 Å². The highest BCUT2D eigenvalue weighted by molar-refractivity contribution is 5.97. The molecular weight excluding hydrogens is 306 g/mol. The van der Waals surface area contributed by atoms with Crippen LogP contribution in [0.4, 0.5) is 4.79 Å². The van der Waals surface area contributed by atoms with E-state index in [0.29, 0.717) is 0 Å². The number of rotatable bonds is 5. The van der Waals surface area contributed by atoms with Crippen molar-refractivity contribution in [1.82, 2.24) is 25.4 Å². The molecular formula is C17H25N5O2. The van der Waals surface area contributed by atoms with Gasteiger partial charge in [0.05, 0.1) is 11.7 Å². The zero-order valence-corrected chi connectivity index (χ0v) is 14.1. The van der Waals surface area contributed by atoms with Crippen molar-refractivity contribution in [1.29, 1.82) is 0 Å². The number of carbonyl (C=O) groups is 2. The first-order chi connectivity index (χ1) is 11.6. The molecule has 24 heavy (non-hydrogen) atoms. The summed E-state index contributed by atoms with van der Waals surface area (Å²) in [6, 6.07) is 5.53. The van der Waals surface area contributed by atoms with Gasteiger partial charge in [-0.15, -0.1) is 0 Å². The van der Waals surface area contributed by atoms with Crippen molar-refractivity contribution < 1.29 is 9.59 Å². The molecule has 1 aromatic rings. The Hall–Kier alpha value is -1.99. The van der Waals surface area contributed by atoms with Crippen molar-refractivity contribution in [2.24, 2.45) is 0 Å². The molecule has 1 aliphatic heterocycles. The third-order valence-corrected chi connectivity index (χ3v) is 4.60. The third kappa shape index (κ3) is 4.75. The van der Waals surface area contributed by atoms with Gasteiger partial charge in [-0.2, -0.15) is 0 Å². The van der Waals surface area contributed by atoms with Gasteiger partial charge in [0, 0.05) is 45.0 Å². The summed E-state index contributed by atoms with van der Waals surface area (Å²) in [5, 5.41) is 5.22. The molecule has 1 unspecified atom stereocenters. The predicted molar refractivity (Wildman–Crippen MR) is 90.2 cm³/mol. The van der Waals surface area contributed by atoms with Crippen LogP contribution in [0.3, 0.4) is 0 Å². The first kappa shape index (κ1) is 16.9. The highest BCUT2D eigenvalue weighted by atomic mass is 16.2. The lowest BCUT2D eigenvalue weighted by Gasteiger charge is -2.37. The summed E-state index contributed by atoms with van der Waals surface area (Å²) in [4.78, 5) is 32.7. The van der Waals surface area contributed by atoms with E-state index in [4.69, 9.17) is 0 Å². The van der Waals surface area contributed by atoms with Crippen molar-refractivity contribution in [2.75, 3.05) is 26.2 Å². The van der Waals surface area contributed by atoms with Gasteiger partial charge in [0.2, 0.25) is 5.91 Å². The van der Waals surface area contributed by atoms with E-state index in [0.717, 1.165) is 51.3 Å². The molecule has 3 amide bonds. The van der Waals surface area contributed by atoms with Crippen LogP contribution in [-0.4, -0.2) is 65.0 Å². The van der Waals surface area contributed by atoms with Gasteiger partial charge in [-0.1, -0.05) is 6.07 Å². The van der Waals surface area contributed by atoms with Crippen LogP contribution in [0.2, 0.25) is 0 Å². The van der Waals surface area contributed by atoms with E-state index < -0.39 is 0 Å². The standard InChI is InChI=1S/C17H25N5O2/c1-13(16(23)20-17(24)19-14-5-6-14)22-10-8-21(9-11-22)12-15-4-2-3-7-18-15/h2-4,7,13-14H,5-6,8-12H2,1H3,(H2,19,20,23,24). The minimum atomic E-state index is -0.372. The van der Waals surface area contributed by atoms with E-state index in [1.54, 1.807) is 0 Å². The highest BCUT2D eigenvalue weighted by Gasteiger charge is 2.28. The van der Waals surface area contributed by atoms with Crippen molar-refractivity contribution in [3.05, 3.63) is 30.1 Å². The summed E-state index contributed by atoms with van der Waals surface area (Å²) in [6.45, 7) is 6.09. The number of piperazine rings is 1. The van der Waals surface area contributed by atoms with Gasteiger partial charge in [0.15, 0.2) is 0 Å². The normalized spacial score (nSPS) is 20.4. The predicted octanol–water partition coefficient (Wildman–Crippen LogP) is 0.576. The summed E-state index contributed by atoms with van der Waals surface area (Å²) in [6.07, 6.45) is 3.83. The Balaban J connectivity index is 1.41. The molecule has 1 aliphatic carbocycles. The second kappa shape index (κ2) is 7.72. The smallest absolute Gasteiger partial charge is 0.321 e. The molecule has 0 radical (unpaired) electrons. The van der Waals surface area contributed by atoms with Crippen molar-refractivity contribution in [3.8, 4) is 0 Å². The number of amides is 3. The average Bonchev–Trinajstić information content (AvgIpc) is 3.39. The maximum absolute atomic E-state index is 12.2. The number of pyridine rings is 1. The molecule has 1 aromatic heterocycles. The Kier molecular flexibility index (Phi) is 5.42. The van der Waals surface area contributed by atoms with Gasteiger partial charge in [-0.3, -0.25) is 24.9 Å². The van der Waals surface area contributed by atoms with Crippen molar-refractivity contribution >= 4 is 11.9 Å². The number of hydrogen-bond donors (Lipinski definition) is 2. The van der Waals surface area contributed by atoms with Crippen LogP contribution in [0, 0.1) is 0 Å². The second-order valence-electron chi connectivity index (χ2n) is 6.55. The Morgan fingerprint density at radius 1 is 1.25 bits per heavy atom. The summed E-state index contributed by atoms with van der Waals surface area (Å²) in [5.41, 5.74) is 1.06. The van der Waals surface area contributed by atoms with Gasteiger partial charge in [0.1, 0.15) is 0 Å². The number of imide groups is 1. The fraction of sp³-hybridized carbons (Fsp3) is 0.588. The fourth-order valence-electron chi connectivity index (χ4n) is 2.86. The lowest BCUT2D eigenvalue weighted by Crippen LogP contribution is -2.55. The summed E-state index contributed by atoms with van der Waals surface area (Å²) in [7, 11) is 0. The molecule has 3 rings (SSSR count). The monoisotopic (exact) mass is 331 g/mol. The minimum absolute atomic E-state index is 0.230. The van der Waals surface area contributed by atoms with Crippen LogP contribution < -0.4 is 10.6 Å². The van der Waals surface area contributed by atoms with Gasteiger partial charge in [-0.25, -0.2) is 4.79 Å². The quantitative estimate of drug-likeness (QED) is 0.825. The molecule has 1 saturated carbocycles. The fourth-order valence-corrected chi connectivity index (χ4v) is 2.86. The Labute approximate surface area is 142 Å². The maximum Gasteiger partial charge on any atom is 0.321 e. The largest absolute Gasteiger partial charge is 0.335 e. The number of carbonyl (C=O) groups excluding carboxylic acids is 2. The van der Waals surface area contributed by atoms with E-state index in [1.165, 1.54) is 0 Å². The number of nitrogens with zero attached hydrogens (tertiary/aromatic N) is 3. The Bertz CT molecular complexity index is 568. The van der Waals surface area contributed by atoms with Gasteiger partial charge < -0.3 is 5.32 Å². The summed E-state index contributed by atoms with van der Waals surface area (Å²) < 4.78 is 0. The van der Waals surface area contributed by atoms with Crippen molar-refractivity contribution in [3.63, 3.8) is 0 Å². The zero-order valence-electron chi connectivity index (χ0n) is 14.1. The van der Waals surface area contributed by atoms with E-state index in [1.807, 2.05) is 31.3 Å². The van der Waals surface area contributed by atoms with E-state index in [-0.39, 0.29) is 24.0 Å². The summed E-state index contributed by atoms with van der Waals surface area (Å²) in [5.74, 6) is -0.230. The van der Waals surface area contributed by atoms with E-state index >= 15 is 0 Å². The number of urea groups is 1. The zero-order chi connectivity index (χ0) is 16.9. The molecule has 7 nitrogen and oxygen atoms in total. The molecule has 2 heterocycles. The second-order valence-corrected chi connectivity index (χ2v) is 6.55. The third-order valence-electron chi connectivity index (χ3n) is 4.60. The summed E-state index contributed by atoms with van der Waals surface area (Å²) >= 11 is 0. The van der Waals surface area contributed by atoms with Gasteiger partial charge in [-0.05, 0) is 31.9 Å². The van der Waals surface area contributed by atoms with Crippen LogP contribution in [0.15, 0.2) is 24.4 Å². The van der Waals surface area contributed by atoms with Crippen LogP contribution >= 0.6 is 0 Å². The number of hydrogen-bond acceptors (Lipinski definition) is 5. The molecule has 2 N–H and O–H groups in total. The first-order valence-corrected chi connectivity index (χ1v) is 8.59. The SMILES string of the molecule is CC(C(=O)NC(=O)NC1CC1)N1CCN(Cc2ccccn2)CC1. The molecule has 0 bridgehead atoms. The molecule has 7 heteroatoms. The van der Waals surface area contributed by atoms with Crippen LogP contribution in [-0.2, 0) is 11.3 Å². The molecule has 2 fully saturated rings. The van der Waals surface area contributed by atoms with Crippen LogP contribution in [0.5, 0.6) is 0 Å². The number of aromatic nitrogens is 1. The van der Waals surface area contributed by atoms with Crippen LogP contribution in [0.25, 0.3) is 0 Å². The maximum atomic E-state index is 12.2. The highest BCUT2D eigenvalue weighted by Crippen LogP contribution is 2.18. The average molecular weight is 331 g/mol. The molecule has 1 saturated heterocycles. The first-order valence-electron chi connectivity index (χ1n) is 8.59.